The molecule has 0 aliphatic carbocycles. The SMILES string of the molecule is CCCC[S+](C)C.[I-]. The molecular weight excluding hydrogens is 231 g/mol. The van der Waals surface area contributed by atoms with Crippen molar-refractivity contribution in [1.82, 2.24) is 0 Å². The summed E-state index contributed by atoms with van der Waals surface area (Å²) in [4.78, 5) is 0. The first-order chi connectivity index (χ1) is 3.27. The van der Waals surface area contributed by atoms with Crippen LogP contribution in [0.5, 0.6) is 0 Å². The van der Waals surface area contributed by atoms with Gasteiger partial charge in [0.25, 0.3) is 0 Å². The smallest absolute Gasteiger partial charge is 0.107 e. The lowest BCUT2D eigenvalue weighted by Gasteiger charge is -1.90. The highest BCUT2D eigenvalue weighted by Crippen LogP contribution is 1.91. The van der Waals surface area contributed by atoms with Crippen LogP contribution in [0.1, 0.15) is 19.8 Å². The molecule has 0 spiro atoms. The number of hydrogen-bond donors (Lipinski definition) is 0. The second kappa shape index (κ2) is 8.08. The summed E-state index contributed by atoms with van der Waals surface area (Å²) in [5, 5.41) is 0. The lowest BCUT2D eigenvalue weighted by atomic mass is 10.4. The molecule has 0 fully saturated rings. The first-order valence-electron chi connectivity index (χ1n) is 2.81. The summed E-state index contributed by atoms with van der Waals surface area (Å²) in [5.74, 6) is 1.43. The fraction of sp³-hybridized carbons (Fsp3) is 1.00. The van der Waals surface area contributed by atoms with Gasteiger partial charge in [-0.25, -0.2) is 0 Å². The Bertz CT molecular complexity index is 37.5. The van der Waals surface area contributed by atoms with Gasteiger partial charge in [-0.3, -0.25) is 0 Å². The van der Waals surface area contributed by atoms with Crippen LogP contribution in [0.3, 0.4) is 0 Å². The molecule has 0 unspecified atom stereocenters. The van der Waals surface area contributed by atoms with Crippen LogP contribution in [0.4, 0.5) is 0 Å². The molecule has 0 nitrogen and oxygen atoms in total. The Balaban J connectivity index is 0. The van der Waals surface area contributed by atoms with Gasteiger partial charge in [-0.2, -0.15) is 0 Å². The first kappa shape index (κ1) is 11.8. The van der Waals surface area contributed by atoms with Gasteiger partial charge in [-0.1, -0.05) is 13.3 Å². The van der Waals surface area contributed by atoms with Gasteiger partial charge in [0.2, 0.25) is 0 Å². The summed E-state index contributed by atoms with van der Waals surface area (Å²) in [7, 11) is 0.685. The minimum absolute atomic E-state index is 0. The molecule has 0 aliphatic heterocycles. The molecule has 52 valence electrons. The maximum absolute atomic E-state index is 2.30. The number of halogens is 1. The van der Waals surface area contributed by atoms with E-state index < -0.39 is 0 Å². The molecule has 0 bridgehead atoms. The largest absolute Gasteiger partial charge is 1.00 e. The fourth-order valence-electron chi connectivity index (χ4n) is 0.433. The average Bonchev–Trinajstić information content (AvgIpc) is 1.61. The second-order valence-electron chi connectivity index (χ2n) is 2.04. The summed E-state index contributed by atoms with van der Waals surface area (Å²) in [6.07, 6.45) is 7.37. The topological polar surface area (TPSA) is 0 Å². The molecule has 0 atom stereocenters. The number of rotatable bonds is 3. The second-order valence-corrected chi connectivity index (χ2v) is 4.42. The summed E-state index contributed by atoms with van der Waals surface area (Å²) < 4.78 is 0. The van der Waals surface area contributed by atoms with Gasteiger partial charge in [0.05, 0.1) is 12.5 Å². The van der Waals surface area contributed by atoms with Crippen molar-refractivity contribution in [3.63, 3.8) is 0 Å². The van der Waals surface area contributed by atoms with E-state index in [1.54, 1.807) is 0 Å². The van der Waals surface area contributed by atoms with Gasteiger partial charge in [0, 0.05) is 0 Å². The van der Waals surface area contributed by atoms with Gasteiger partial charge in [0.1, 0.15) is 5.75 Å². The van der Waals surface area contributed by atoms with E-state index in [-0.39, 0.29) is 24.0 Å². The van der Waals surface area contributed by atoms with Crippen LogP contribution >= 0.6 is 0 Å². The molecule has 0 aromatic heterocycles. The minimum atomic E-state index is 0. The predicted molar refractivity (Wildman–Crippen MR) is 39.0 cm³/mol. The Hall–Kier alpha value is 1.08. The van der Waals surface area contributed by atoms with Crippen LogP contribution in [0.15, 0.2) is 0 Å². The van der Waals surface area contributed by atoms with E-state index in [1.807, 2.05) is 0 Å². The molecule has 0 aliphatic rings. The maximum Gasteiger partial charge on any atom is 0.107 e. The molecule has 0 saturated carbocycles. The first-order valence-corrected chi connectivity index (χ1v) is 5.02. The highest BCUT2D eigenvalue weighted by molar-refractivity contribution is 7.95. The molecule has 0 saturated heterocycles. The highest BCUT2D eigenvalue weighted by Gasteiger charge is 1.97. The molecule has 0 aromatic rings. The van der Waals surface area contributed by atoms with Crippen molar-refractivity contribution in [2.45, 2.75) is 19.8 Å². The van der Waals surface area contributed by atoms with Gasteiger partial charge in [-0.15, -0.1) is 0 Å². The van der Waals surface area contributed by atoms with Gasteiger partial charge >= 0.3 is 0 Å². The molecule has 0 aromatic carbocycles. The molecule has 0 amide bonds. The standard InChI is InChI=1S/C6H15S.HI/c1-4-5-6-7(2)3;/h4-6H2,1-3H3;1H/q+1;/p-1. The lowest BCUT2D eigenvalue weighted by molar-refractivity contribution is -0.00000173. The Morgan fingerprint density at radius 3 is 1.88 bits per heavy atom. The van der Waals surface area contributed by atoms with E-state index in [1.165, 1.54) is 18.6 Å². The van der Waals surface area contributed by atoms with Gasteiger partial charge < -0.3 is 24.0 Å². The molecular formula is C6H15IS. The maximum atomic E-state index is 2.30. The third kappa shape index (κ3) is 10.1. The van der Waals surface area contributed by atoms with E-state index in [2.05, 4.69) is 19.4 Å². The van der Waals surface area contributed by atoms with Crippen molar-refractivity contribution in [3.05, 3.63) is 0 Å². The zero-order valence-electron chi connectivity index (χ0n) is 5.91. The third-order valence-corrected chi connectivity index (χ3v) is 2.01. The van der Waals surface area contributed by atoms with E-state index in [0.717, 1.165) is 0 Å². The summed E-state index contributed by atoms with van der Waals surface area (Å²) in [5.41, 5.74) is 0. The van der Waals surface area contributed by atoms with Crippen LogP contribution in [-0.4, -0.2) is 18.3 Å². The Labute approximate surface area is 72.8 Å². The zero-order valence-corrected chi connectivity index (χ0v) is 8.88. The van der Waals surface area contributed by atoms with E-state index in [4.69, 9.17) is 0 Å². The van der Waals surface area contributed by atoms with Crippen LogP contribution in [0, 0.1) is 0 Å². The van der Waals surface area contributed by atoms with Crippen LogP contribution in [0.25, 0.3) is 0 Å². The minimum Gasteiger partial charge on any atom is -1.00 e. The van der Waals surface area contributed by atoms with Crippen LogP contribution in [-0.2, 0) is 10.9 Å². The Kier molecular flexibility index (Phi) is 11.9. The fourth-order valence-corrected chi connectivity index (χ4v) is 1.30. The van der Waals surface area contributed by atoms with E-state index in [9.17, 15) is 0 Å². The molecule has 0 radical (unpaired) electrons. The Morgan fingerprint density at radius 2 is 1.75 bits per heavy atom. The molecule has 2 heteroatoms. The Morgan fingerprint density at radius 1 is 1.25 bits per heavy atom. The number of hydrogen-bond acceptors (Lipinski definition) is 0. The van der Waals surface area contributed by atoms with Crippen LogP contribution in [0.2, 0.25) is 0 Å². The molecule has 8 heavy (non-hydrogen) atoms. The van der Waals surface area contributed by atoms with Crippen molar-refractivity contribution in [3.8, 4) is 0 Å². The lowest BCUT2D eigenvalue weighted by Crippen LogP contribution is -3.00. The van der Waals surface area contributed by atoms with E-state index in [0.29, 0.717) is 10.9 Å². The van der Waals surface area contributed by atoms with Crippen LogP contribution < -0.4 is 24.0 Å². The zero-order chi connectivity index (χ0) is 5.70. The third-order valence-electron chi connectivity index (χ3n) is 0.906. The average molecular weight is 246 g/mol. The van der Waals surface area contributed by atoms with Gasteiger partial charge in [0.15, 0.2) is 0 Å². The summed E-state index contributed by atoms with van der Waals surface area (Å²) >= 11 is 0. The summed E-state index contributed by atoms with van der Waals surface area (Å²) in [6, 6.07) is 0. The quantitative estimate of drug-likeness (QED) is 0.427. The number of unbranched alkanes of at least 4 members (excludes halogenated alkanes) is 1. The van der Waals surface area contributed by atoms with Crippen molar-refractivity contribution in [2.75, 3.05) is 18.3 Å². The molecule has 0 rings (SSSR count). The normalized spacial score (nSPS) is 9.00. The predicted octanol–water partition coefficient (Wildman–Crippen LogP) is -1.33. The molecule has 0 heterocycles. The van der Waals surface area contributed by atoms with E-state index >= 15 is 0 Å². The monoisotopic (exact) mass is 246 g/mol. The van der Waals surface area contributed by atoms with Crippen molar-refractivity contribution in [2.24, 2.45) is 0 Å². The van der Waals surface area contributed by atoms with Crippen molar-refractivity contribution >= 4 is 10.9 Å². The van der Waals surface area contributed by atoms with Crippen molar-refractivity contribution < 1.29 is 24.0 Å². The summed E-state index contributed by atoms with van der Waals surface area (Å²) in [6.45, 7) is 2.24. The highest BCUT2D eigenvalue weighted by atomic mass is 127. The van der Waals surface area contributed by atoms with Gasteiger partial charge in [-0.05, 0) is 17.3 Å². The molecule has 0 N–H and O–H groups in total. The van der Waals surface area contributed by atoms with Crippen molar-refractivity contribution in [1.29, 1.82) is 0 Å².